The number of amides is 1. The Morgan fingerprint density at radius 3 is 2.84 bits per heavy atom. The summed E-state index contributed by atoms with van der Waals surface area (Å²) >= 11 is 0. The van der Waals surface area contributed by atoms with Crippen LogP contribution in [0, 0.1) is 0 Å². The molecule has 4 N–H and O–H groups in total. The molecule has 1 atom stereocenters. The molecule has 0 bridgehead atoms. The third kappa shape index (κ3) is 4.18. The number of H-pyrrole nitrogens is 1. The maximum atomic E-state index is 11.8. The standard InChI is InChI=1S/C13H17N5O/c14-11(7-6-10-4-2-1-3-5-10)13(19)15-8-12-16-9-17-18-12/h1-5,9,11H,6-8,14H2,(H,15,19)(H,16,17,18)/t11-/m0/s1. The van der Waals surface area contributed by atoms with E-state index in [1.807, 2.05) is 30.3 Å². The molecule has 0 aliphatic rings. The molecule has 0 radical (unpaired) electrons. The van der Waals surface area contributed by atoms with Gasteiger partial charge in [0.15, 0.2) is 0 Å². The van der Waals surface area contributed by atoms with E-state index in [4.69, 9.17) is 5.73 Å². The minimum atomic E-state index is -0.511. The Morgan fingerprint density at radius 2 is 2.16 bits per heavy atom. The van der Waals surface area contributed by atoms with Gasteiger partial charge in [-0.1, -0.05) is 30.3 Å². The van der Waals surface area contributed by atoms with Crippen LogP contribution in [0.1, 0.15) is 17.8 Å². The molecule has 2 rings (SSSR count). The van der Waals surface area contributed by atoms with Crippen LogP contribution in [-0.4, -0.2) is 27.1 Å². The Morgan fingerprint density at radius 1 is 1.37 bits per heavy atom. The molecule has 100 valence electrons. The first-order valence-electron chi connectivity index (χ1n) is 6.17. The molecular weight excluding hydrogens is 242 g/mol. The third-order valence-corrected chi connectivity index (χ3v) is 2.82. The predicted octanol–water partition coefficient (Wildman–Crippen LogP) is 0.381. The van der Waals surface area contributed by atoms with Crippen LogP contribution in [0.3, 0.4) is 0 Å². The molecule has 0 aliphatic carbocycles. The van der Waals surface area contributed by atoms with Crippen molar-refractivity contribution in [2.24, 2.45) is 5.73 Å². The second-order valence-electron chi connectivity index (χ2n) is 4.28. The molecule has 6 heteroatoms. The number of hydrogen-bond donors (Lipinski definition) is 3. The van der Waals surface area contributed by atoms with Gasteiger partial charge >= 0.3 is 0 Å². The van der Waals surface area contributed by atoms with Crippen molar-refractivity contribution in [1.82, 2.24) is 20.5 Å². The SMILES string of the molecule is N[C@@H](CCc1ccccc1)C(=O)NCc1ncn[nH]1. The summed E-state index contributed by atoms with van der Waals surface area (Å²) in [4.78, 5) is 15.7. The third-order valence-electron chi connectivity index (χ3n) is 2.82. The fourth-order valence-electron chi connectivity index (χ4n) is 1.72. The topological polar surface area (TPSA) is 96.7 Å². The van der Waals surface area contributed by atoms with Gasteiger partial charge in [-0.25, -0.2) is 4.98 Å². The normalized spacial score (nSPS) is 12.1. The first-order chi connectivity index (χ1) is 9.25. The lowest BCUT2D eigenvalue weighted by molar-refractivity contribution is -0.122. The second-order valence-corrected chi connectivity index (χ2v) is 4.28. The van der Waals surface area contributed by atoms with Crippen LogP contribution in [0.15, 0.2) is 36.7 Å². The van der Waals surface area contributed by atoms with Gasteiger partial charge in [0.05, 0.1) is 12.6 Å². The van der Waals surface area contributed by atoms with E-state index in [0.717, 1.165) is 6.42 Å². The van der Waals surface area contributed by atoms with E-state index in [2.05, 4.69) is 20.5 Å². The quantitative estimate of drug-likeness (QED) is 0.698. The van der Waals surface area contributed by atoms with Gasteiger partial charge in [-0.05, 0) is 18.4 Å². The van der Waals surface area contributed by atoms with Crippen LogP contribution < -0.4 is 11.1 Å². The summed E-state index contributed by atoms with van der Waals surface area (Å²) in [5.74, 6) is 0.441. The van der Waals surface area contributed by atoms with Crippen LogP contribution in [0.25, 0.3) is 0 Å². The second kappa shape index (κ2) is 6.65. The first-order valence-corrected chi connectivity index (χ1v) is 6.17. The summed E-state index contributed by atoms with van der Waals surface area (Å²) in [5.41, 5.74) is 7.03. The van der Waals surface area contributed by atoms with Crippen LogP contribution in [-0.2, 0) is 17.8 Å². The Balaban J connectivity index is 1.73. The largest absolute Gasteiger partial charge is 0.347 e. The average molecular weight is 259 g/mol. The minimum absolute atomic E-state index is 0.174. The molecule has 2 aromatic rings. The highest BCUT2D eigenvalue weighted by Crippen LogP contribution is 2.04. The molecular formula is C13H17N5O. The fraction of sp³-hybridized carbons (Fsp3) is 0.308. The zero-order chi connectivity index (χ0) is 13.5. The first kappa shape index (κ1) is 13.2. The lowest BCUT2D eigenvalue weighted by atomic mass is 10.1. The van der Waals surface area contributed by atoms with Gasteiger partial charge in [-0.15, -0.1) is 0 Å². The molecule has 1 aromatic heterocycles. The van der Waals surface area contributed by atoms with Crippen LogP contribution >= 0.6 is 0 Å². The van der Waals surface area contributed by atoms with E-state index in [9.17, 15) is 4.79 Å². The Bertz CT molecular complexity index is 497. The highest BCUT2D eigenvalue weighted by Gasteiger charge is 2.13. The lowest BCUT2D eigenvalue weighted by Crippen LogP contribution is -2.40. The number of carbonyl (C=O) groups is 1. The number of aromatic amines is 1. The van der Waals surface area contributed by atoms with E-state index < -0.39 is 6.04 Å². The van der Waals surface area contributed by atoms with E-state index >= 15 is 0 Å². The predicted molar refractivity (Wildman–Crippen MR) is 71.0 cm³/mol. The van der Waals surface area contributed by atoms with Crippen molar-refractivity contribution in [2.75, 3.05) is 0 Å². The van der Waals surface area contributed by atoms with Gasteiger partial charge in [0.1, 0.15) is 12.2 Å². The zero-order valence-corrected chi connectivity index (χ0v) is 10.5. The highest BCUT2D eigenvalue weighted by molar-refractivity contribution is 5.81. The molecule has 0 unspecified atom stereocenters. The number of carbonyl (C=O) groups excluding carboxylic acids is 1. The van der Waals surface area contributed by atoms with Crippen molar-refractivity contribution in [3.8, 4) is 0 Å². The smallest absolute Gasteiger partial charge is 0.237 e. The zero-order valence-electron chi connectivity index (χ0n) is 10.5. The number of nitrogens with zero attached hydrogens (tertiary/aromatic N) is 2. The maximum absolute atomic E-state index is 11.8. The van der Waals surface area contributed by atoms with Crippen LogP contribution in [0.4, 0.5) is 0 Å². The molecule has 0 fully saturated rings. The summed E-state index contributed by atoms with van der Waals surface area (Å²) in [5, 5.41) is 9.10. The Labute approximate surface area is 111 Å². The highest BCUT2D eigenvalue weighted by atomic mass is 16.2. The summed E-state index contributed by atoms with van der Waals surface area (Å²) < 4.78 is 0. The molecule has 1 heterocycles. The van der Waals surface area contributed by atoms with Crippen LogP contribution in [0.2, 0.25) is 0 Å². The van der Waals surface area contributed by atoms with Gasteiger partial charge in [-0.2, -0.15) is 5.10 Å². The summed E-state index contributed by atoms with van der Waals surface area (Å²) in [6, 6.07) is 9.46. The van der Waals surface area contributed by atoms with E-state index in [1.54, 1.807) is 0 Å². The van der Waals surface area contributed by atoms with Crippen molar-refractivity contribution in [2.45, 2.75) is 25.4 Å². The fourth-order valence-corrected chi connectivity index (χ4v) is 1.72. The van der Waals surface area contributed by atoms with Gasteiger partial charge in [0.2, 0.25) is 5.91 Å². The summed E-state index contributed by atoms with van der Waals surface area (Å²) in [6.45, 7) is 0.317. The van der Waals surface area contributed by atoms with E-state index in [0.29, 0.717) is 18.8 Å². The molecule has 0 aliphatic heterocycles. The molecule has 0 saturated carbocycles. The molecule has 6 nitrogen and oxygen atoms in total. The summed E-state index contributed by atoms with van der Waals surface area (Å²) in [7, 11) is 0. The van der Waals surface area contributed by atoms with Crippen molar-refractivity contribution in [3.63, 3.8) is 0 Å². The van der Waals surface area contributed by atoms with Gasteiger partial charge < -0.3 is 11.1 Å². The number of aromatic nitrogens is 3. The van der Waals surface area contributed by atoms with Gasteiger partial charge in [0.25, 0.3) is 0 Å². The minimum Gasteiger partial charge on any atom is -0.347 e. The maximum Gasteiger partial charge on any atom is 0.237 e. The van der Waals surface area contributed by atoms with Gasteiger partial charge in [0, 0.05) is 0 Å². The Kier molecular flexibility index (Phi) is 4.63. The van der Waals surface area contributed by atoms with Crippen molar-refractivity contribution < 1.29 is 4.79 Å². The number of hydrogen-bond acceptors (Lipinski definition) is 4. The number of benzene rings is 1. The molecule has 1 aromatic carbocycles. The molecule has 1 amide bonds. The van der Waals surface area contributed by atoms with Crippen molar-refractivity contribution >= 4 is 5.91 Å². The van der Waals surface area contributed by atoms with Crippen molar-refractivity contribution in [3.05, 3.63) is 48.0 Å². The lowest BCUT2D eigenvalue weighted by Gasteiger charge is -2.11. The summed E-state index contributed by atoms with van der Waals surface area (Å²) in [6.07, 6.45) is 2.81. The molecule has 19 heavy (non-hydrogen) atoms. The van der Waals surface area contributed by atoms with E-state index in [-0.39, 0.29) is 5.91 Å². The number of nitrogens with two attached hydrogens (primary N) is 1. The number of aryl methyl sites for hydroxylation is 1. The van der Waals surface area contributed by atoms with Crippen LogP contribution in [0.5, 0.6) is 0 Å². The molecule has 0 spiro atoms. The monoisotopic (exact) mass is 259 g/mol. The van der Waals surface area contributed by atoms with E-state index in [1.165, 1.54) is 11.9 Å². The number of rotatable bonds is 6. The molecule has 0 saturated heterocycles. The number of nitrogens with one attached hydrogen (secondary N) is 2. The van der Waals surface area contributed by atoms with Gasteiger partial charge in [-0.3, -0.25) is 9.89 Å². The Hall–Kier alpha value is -2.21. The average Bonchev–Trinajstić information content (AvgIpc) is 2.96. The van der Waals surface area contributed by atoms with Crippen molar-refractivity contribution in [1.29, 1.82) is 0 Å².